The molecule has 4 aromatic rings. The maximum absolute atomic E-state index is 11.6. The van der Waals surface area contributed by atoms with Gasteiger partial charge in [-0.1, -0.05) is 66.7 Å². The maximum Gasteiger partial charge on any atom is 0.303 e. The number of carbonyl (C=O) groups excluding carboxylic acids is 1. The minimum atomic E-state index is -0.267. The minimum absolute atomic E-state index is 0.255. The van der Waals surface area contributed by atoms with Gasteiger partial charge in [-0.15, -0.1) is 0 Å². The fourth-order valence-corrected chi connectivity index (χ4v) is 3.89. The Labute approximate surface area is 183 Å². The highest BCUT2D eigenvalue weighted by Gasteiger charge is 2.25. The van der Waals surface area contributed by atoms with E-state index < -0.39 is 0 Å². The van der Waals surface area contributed by atoms with Gasteiger partial charge in [0.05, 0.1) is 0 Å². The lowest BCUT2D eigenvalue weighted by molar-refractivity contribution is -0.681. The highest BCUT2D eigenvalue weighted by molar-refractivity contribution is 5.73. The molecule has 0 fully saturated rings. The highest BCUT2D eigenvalue weighted by atomic mass is 16.5. The Hall–Kier alpha value is -3.72. The maximum atomic E-state index is 11.6. The van der Waals surface area contributed by atoms with Gasteiger partial charge >= 0.3 is 5.97 Å². The van der Waals surface area contributed by atoms with Crippen molar-refractivity contribution in [2.24, 2.45) is 0 Å². The van der Waals surface area contributed by atoms with E-state index >= 15 is 0 Å². The average molecular weight is 409 g/mol. The number of ether oxygens (including phenoxy) is 1. The summed E-state index contributed by atoms with van der Waals surface area (Å²) in [7, 11) is 0. The summed E-state index contributed by atoms with van der Waals surface area (Å²) in [6, 6.07) is 35.6. The van der Waals surface area contributed by atoms with E-state index in [0.29, 0.717) is 6.54 Å². The number of rotatable bonds is 6. The molecule has 0 N–H and O–H groups in total. The van der Waals surface area contributed by atoms with Crippen LogP contribution in [0.1, 0.15) is 13.8 Å². The second-order valence-electron chi connectivity index (χ2n) is 7.64. The van der Waals surface area contributed by atoms with Crippen molar-refractivity contribution in [3.63, 3.8) is 0 Å². The van der Waals surface area contributed by atoms with E-state index in [1.807, 2.05) is 49.4 Å². The number of nitrogens with zero attached hydrogens (tertiary/aromatic N) is 1. The Bertz CT molecular complexity index is 1100. The quantitative estimate of drug-likeness (QED) is 0.292. The lowest BCUT2D eigenvalue weighted by atomic mass is 9.99. The largest absolute Gasteiger partial charge is 0.456 e. The molecule has 3 nitrogen and oxygen atoms in total. The first-order valence-electron chi connectivity index (χ1n) is 10.5. The van der Waals surface area contributed by atoms with E-state index in [2.05, 4.69) is 65.2 Å². The van der Waals surface area contributed by atoms with Crippen molar-refractivity contribution in [1.29, 1.82) is 0 Å². The molecule has 1 aromatic heterocycles. The smallest absolute Gasteiger partial charge is 0.303 e. The van der Waals surface area contributed by atoms with Crippen molar-refractivity contribution in [2.45, 2.75) is 26.5 Å². The molecule has 0 aliphatic carbocycles. The first-order valence-corrected chi connectivity index (χ1v) is 10.5. The Balaban J connectivity index is 1.96. The summed E-state index contributed by atoms with van der Waals surface area (Å²) in [5, 5.41) is 0. The summed E-state index contributed by atoms with van der Waals surface area (Å²) >= 11 is 0. The highest BCUT2D eigenvalue weighted by Crippen LogP contribution is 2.29. The molecule has 1 atom stereocenters. The van der Waals surface area contributed by atoms with Gasteiger partial charge in [0.2, 0.25) is 11.4 Å². The molecule has 4 rings (SSSR count). The van der Waals surface area contributed by atoms with Gasteiger partial charge in [-0.2, -0.15) is 4.57 Å². The van der Waals surface area contributed by atoms with Crippen molar-refractivity contribution in [1.82, 2.24) is 0 Å². The van der Waals surface area contributed by atoms with Gasteiger partial charge in [0, 0.05) is 30.2 Å². The number of pyridine rings is 1. The third-order valence-corrected chi connectivity index (χ3v) is 5.22. The normalized spacial score (nSPS) is 11.7. The van der Waals surface area contributed by atoms with Crippen LogP contribution in [-0.4, -0.2) is 12.1 Å². The van der Waals surface area contributed by atoms with Gasteiger partial charge in [-0.25, -0.2) is 0 Å². The van der Waals surface area contributed by atoms with Gasteiger partial charge in [-0.05, 0) is 42.3 Å². The van der Waals surface area contributed by atoms with Crippen molar-refractivity contribution in [2.75, 3.05) is 0 Å². The summed E-state index contributed by atoms with van der Waals surface area (Å²) < 4.78 is 7.75. The molecule has 0 spiro atoms. The molecule has 31 heavy (non-hydrogen) atoms. The lowest BCUT2D eigenvalue weighted by Gasteiger charge is -2.16. The van der Waals surface area contributed by atoms with Crippen LogP contribution in [0.4, 0.5) is 0 Å². The molecule has 0 aliphatic rings. The molecule has 154 valence electrons. The average Bonchev–Trinajstić information content (AvgIpc) is 2.80. The summed E-state index contributed by atoms with van der Waals surface area (Å²) in [6.45, 7) is 3.95. The molecular weight excluding hydrogens is 382 g/mol. The van der Waals surface area contributed by atoms with Crippen LogP contribution >= 0.6 is 0 Å². The first-order chi connectivity index (χ1) is 15.1. The van der Waals surface area contributed by atoms with Gasteiger partial charge in [-0.3, -0.25) is 4.79 Å². The Morgan fingerprint density at radius 1 is 0.710 bits per heavy atom. The minimum Gasteiger partial charge on any atom is -0.456 e. The SMILES string of the molecule is CC(=O)OC(C)C[n+]1c(-c2ccccc2)cc(-c2ccccc2)cc1-c1ccccc1. The van der Waals surface area contributed by atoms with Crippen LogP contribution in [-0.2, 0) is 16.1 Å². The van der Waals surface area contributed by atoms with E-state index in [1.165, 1.54) is 6.92 Å². The van der Waals surface area contributed by atoms with Crippen LogP contribution in [0.2, 0.25) is 0 Å². The zero-order chi connectivity index (χ0) is 21.6. The zero-order valence-corrected chi connectivity index (χ0v) is 17.9. The first kappa shape index (κ1) is 20.5. The summed E-state index contributed by atoms with van der Waals surface area (Å²) in [5.41, 5.74) is 6.71. The Kier molecular flexibility index (Phi) is 6.23. The molecule has 0 saturated heterocycles. The van der Waals surface area contributed by atoms with Gasteiger partial charge in [0.15, 0.2) is 12.6 Å². The van der Waals surface area contributed by atoms with E-state index in [-0.39, 0.29) is 12.1 Å². The second kappa shape index (κ2) is 9.40. The van der Waals surface area contributed by atoms with Gasteiger partial charge in [0.25, 0.3) is 0 Å². The van der Waals surface area contributed by atoms with Crippen molar-refractivity contribution >= 4 is 5.97 Å². The van der Waals surface area contributed by atoms with Crippen molar-refractivity contribution in [3.05, 3.63) is 103 Å². The topological polar surface area (TPSA) is 30.2 Å². The third-order valence-electron chi connectivity index (χ3n) is 5.22. The molecule has 0 aliphatic heterocycles. The fraction of sp³-hybridized carbons (Fsp3) is 0.143. The lowest BCUT2D eigenvalue weighted by Crippen LogP contribution is -2.44. The monoisotopic (exact) mass is 408 g/mol. The van der Waals surface area contributed by atoms with Gasteiger partial charge < -0.3 is 4.74 Å². The Morgan fingerprint density at radius 2 is 1.13 bits per heavy atom. The van der Waals surface area contributed by atoms with Crippen molar-refractivity contribution < 1.29 is 14.1 Å². The number of hydrogen-bond donors (Lipinski definition) is 0. The van der Waals surface area contributed by atoms with E-state index in [1.54, 1.807) is 0 Å². The second-order valence-corrected chi connectivity index (χ2v) is 7.64. The zero-order valence-electron chi connectivity index (χ0n) is 17.9. The molecule has 3 aromatic carbocycles. The molecule has 3 heteroatoms. The molecule has 1 unspecified atom stereocenters. The van der Waals surface area contributed by atoms with Crippen molar-refractivity contribution in [3.8, 4) is 33.6 Å². The molecule has 0 saturated carbocycles. The summed E-state index contributed by atoms with van der Waals surface area (Å²) in [4.78, 5) is 11.6. The molecule has 1 heterocycles. The number of benzene rings is 3. The predicted octanol–water partition coefficient (Wildman–Crippen LogP) is 5.93. The van der Waals surface area contributed by atoms with Crippen LogP contribution in [0.5, 0.6) is 0 Å². The number of hydrogen-bond acceptors (Lipinski definition) is 2. The molecule has 0 bridgehead atoms. The number of aromatic nitrogens is 1. The summed E-state index contributed by atoms with van der Waals surface area (Å²) in [5.74, 6) is -0.267. The van der Waals surface area contributed by atoms with Crippen LogP contribution < -0.4 is 4.57 Å². The number of carbonyl (C=O) groups is 1. The third kappa shape index (κ3) is 4.89. The molecule has 0 amide bonds. The predicted molar refractivity (Wildman–Crippen MR) is 124 cm³/mol. The van der Waals surface area contributed by atoms with Crippen LogP contribution in [0.15, 0.2) is 103 Å². The van der Waals surface area contributed by atoms with Gasteiger partial charge in [0.1, 0.15) is 0 Å². The standard InChI is InChI=1S/C28H26NO2/c1-21(31-22(2)30)20-29-27(24-14-8-4-9-15-24)18-26(23-12-6-3-7-13-23)19-28(29)25-16-10-5-11-17-25/h3-19,21H,20H2,1-2H3/q+1. The Morgan fingerprint density at radius 3 is 1.55 bits per heavy atom. The number of esters is 1. The van der Waals surface area contributed by atoms with Crippen LogP contribution in [0, 0.1) is 0 Å². The van der Waals surface area contributed by atoms with Crippen LogP contribution in [0.3, 0.4) is 0 Å². The molecule has 0 radical (unpaired) electrons. The fourth-order valence-electron chi connectivity index (χ4n) is 3.89. The van der Waals surface area contributed by atoms with E-state index in [0.717, 1.165) is 33.6 Å². The summed E-state index contributed by atoms with van der Waals surface area (Å²) in [6.07, 6.45) is -0.255. The molecular formula is C28H26NO2+. The van der Waals surface area contributed by atoms with Crippen LogP contribution in [0.25, 0.3) is 33.6 Å². The van der Waals surface area contributed by atoms with E-state index in [9.17, 15) is 4.79 Å². The van der Waals surface area contributed by atoms with E-state index in [4.69, 9.17) is 4.74 Å².